The van der Waals surface area contributed by atoms with Gasteiger partial charge < -0.3 is 9.47 Å². The zero-order valence-corrected chi connectivity index (χ0v) is 69.4. The highest BCUT2D eigenvalue weighted by Crippen LogP contribution is 2.44. The molecule has 0 N–H and O–H groups in total. The van der Waals surface area contributed by atoms with Gasteiger partial charge in [-0.2, -0.15) is 0 Å². The van der Waals surface area contributed by atoms with Crippen LogP contribution in [-0.4, -0.2) is 39.9 Å². The van der Waals surface area contributed by atoms with E-state index in [1.807, 2.05) is 141 Å². The minimum absolute atomic E-state index is 0.406. The smallest absolute Gasteiger partial charge is 0.219 e. The van der Waals surface area contributed by atoms with Gasteiger partial charge in [-0.25, -0.2) is 9.97 Å². The molecule has 0 radical (unpaired) electrons. The fourth-order valence-electron chi connectivity index (χ4n) is 16.8. The van der Waals surface area contributed by atoms with Crippen molar-refractivity contribution in [2.75, 3.05) is 0 Å². The molecule has 0 spiro atoms. The van der Waals surface area contributed by atoms with Crippen molar-refractivity contribution in [1.82, 2.24) is 39.9 Å². The molecule has 13 aromatic carbocycles. The molecule has 0 amide bonds. The molecule has 10 nitrogen and oxygen atoms in total. The van der Waals surface area contributed by atoms with Crippen LogP contribution in [0.1, 0.15) is 0 Å². The topological polar surface area (TPSA) is 122 Å². The number of benzene rings is 13. The number of aromatic nitrogens is 8. The number of nitrogens with zero attached hydrogens (tertiary/aromatic N) is 8. The first kappa shape index (κ1) is 77.9. The van der Waals surface area contributed by atoms with Crippen molar-refractivity contribution in [3.05, 3.63) is 475 Å². The van der Waals surface area contributed by atoms with E-state index < -0.39 is 0 Å². The molecule has 602 valence electrons. The average molecular weight is 1640 g/mol. The Balaban J connectivity index is 0.622. The van der Waals surface area contributed by atoms with Crippen LogP contribution in [0.4, 0.5) is 0 Å². The summed E-state index contributed by atoms with van der Waals surface area (Å²) < 4.78 is 13.8. The summed E-state index contributed by atoms with van der Waals surface area (Å²) in [5.41, 5.74) is 37.9. The van der Waals surface area contributed by atoms with Crippen molar-refractivity contribution in [3.63, 3.8) is 0 Å². The molecule has 0 atom stereocenters. The molecule has 0 fully saturated rings. The molecule has 21 rings (SSSR count). The molecular weight excluding hydrogens is 1560 g/mol. The van der Waals surface area contributed by atoms with Gasteiger partial charge in [0, 0.05) is 149 Å². The van der Waals surface area contributed by atoms with Gasteiger partial charge in [0.2, 0.25) is 11.8 Å². The highest BCUT2D eigenvalue weighted by molar-refractivity contribution is 5.90. The summed E-state index contributed by atoms with van der Waals surface area (Å²) in [6.07, 6.45) is 26.1. The van der Waals surface area contributed by atoms with Crippen LogP contribution in [0.5, 0.6) is 23.3 Å². The maximum absolute atomic E-state index is 6.92. The fourth-order valence-corrected chi connectivity index (χ4v) is 16.8. The van der Waals surface area contributed by atoms with Crippen LogP contribution in [0.2, 0.25) is 0 Å². The van der Waals surface area contributed by atoms with Gasteiger partial charge in [0.25, 0.3) is 0 Å². The SMILES string of the molecule is c1cncc(-c2cccc(-c3cc(-c4cccc(-c5cccnc5)c4)cc(-c4cccc(-c5ccc(Oc6cc(Oc7ccc(-c8cccc(-c9cc(-c%10cccc(-c%11cccnc%11)c%10)cc(-c%10cccc(-c%11cccnc%11)c%10)c9)c8)cn7)cc(-c7cccc(-c8cc(-c9cccc(-c%10cccnc%10)c9)cc(-c9cccc(-c%10cccnc%10)c9)c8)c7)c6)nc5)c4)c3)c2)c1. The van der Waals surface area contributed by atoms with Crippen LogP contribution in [0.3, 0.4) is 0 Å². The molecule has 21 aromatic rings. The van der Waals surface area contributed by atoms with E-state index in [2.05, 4.69) is 364 Å². The minimum Gasteiger partial charge on any atom is -0.439 e. The van der Waals surface area contributed by atoms with E-state index in [-0.39, 0.29) is 0 Å². The third kappa shape index (κ3) is 17.4. The second kappa shape index (κ2) is 35.6. The Morgan fingerprint density at radius 2 is 0.266 bits per heavy atom. The predicted molar refractivity (Wildman–Crippen MR) is 520 cm³/mol. The van der Waals surface area contributed by atoms with Gasteiger partial charge in [-0.15, -0.1) is 0 Å². The molecule has 10 heteroatoms. The zero-order valence-electron chi connectivity index (χ0n) is 69.4. The Morgan fingerprint density at radius 1 is 0.117 bits per heavy atom. The van der Waals surface area contributed by atoms with Gasteiger partial charge in [0.15, 0.2) is 0 Å². The molecule has 8 heterocycles. The quantitative estimate of drug-likeness (QED) is 0.0648. The van der Waals surface area contributed by atoms with Crippen molar-refractivity contribution >= 4 is 0 Å². The van der Waals surface area contributed by atoms with Crippen LogP contribution in [0.15, 0.2) is 475 Å². The van der Waals surface area contributed by atoms with Gasteiger partial charge in [-0.1, -0.05) is 200 Å². The molecule has 0 saturated carbocycles. The summed E-state index contributed by atoms with van der Waals surface area (Å²) in [4.78, 5) is 36.8. The van der Waals surface area contributed by atoms with E-state index in [1.165, 1.54) is 0 Å². The predicted octanol–water partition coefficient (Wildman–Crippen LogP) is 30.4. The lowest BCUT2D eigenvalue weighted by Crippen LogP contribution is -1.93. The number of ether oxygens (including phenoxy) is 2. The van der Waals surface area contributed by atoms with E-state index in [0.29, 0.717) is 23.3 Å². The van der Waals surface area contributed by atoms with Crippen molar-refractivity contribution < 1.29 is 9.47 Å². The monoisotopic (exact) mass is 1640 g/mol. The van der Waals surface area contributed by atoms with Gasteiger partial charge in [-0.3, -0.25) is 29.9 Å². The molecule has 0 aliphatic rings. The first-order chi connectivity index (χ1) is 63.3. The van der Waals surface area contributed by atoms with E-state index in [4.69, 9.17) is 19.4 Å². The highest BCUT2D eigenvalue weighted by atomic mass is 16.5. The maximum Gasteiger partial charge on any atom is 0.219 e. The van der Waals surface area contributed by atoms with Crippen molar-refractivity contribution in [3.8, 4) is 224 Å². The molecule has 8 aromatic heterocycles. The second-order valence-electron chi connectivity index (χ2n) is 31.7. The molecule has 0 unspecified atom stereocenters. The van der Waals surface area contributed by atoms with Crippen LogP contribution >= 0.6 is 0 Å². The maximum atomic E-state index is 6.92. The Hall–Kier alpha value is -17.3. The third-order valence-corrected chi connectivity index (χ3v) is 23.3. The van der Waals surface area contributed by atoms with E-state index >= 15 is 0 Å². The summed E-state index contributed by atoms with van der Waals surface area (Å²) in [5.74, 6) is 1.85. The second-order valence-corrected chi connectivity index (χ2v) is 31.7. The van der Waals surface area contributed by atoms with E-state index in [1.54, 1.807) is 0 Å². The van der Waals surface area contributed by atoms with Crippen LogP contribution in [0, 0.1) is 0 Å². The van der Waals surface area contributed by atoms with E-state index in [9.17, 15) is 0 Å². The van der Waals surface area contributed by atoms with Crippen LogP contribution < -0.4 is 9.47 Å². The normalized spacial score (nSPS) is 11.1. The minimum atomic E-state index is 0.406. The summed E-state index contributed by atoms with van der Waals surface area (Å²) >= 11 is 0. The summed E-state index contributed by atoms with van der Waals surface area (Å²) in [6.45, 7) is 0. The van der Waals surface area contributed by atoms with Crippen molar-refractivity contribution in [2.24, 2.45) is 0 Å². The van der Waals surface area contributed by atoms with Gasteiger partial charge >= 0.3 is 0 Å². The molecular formula is C118H78N8O2. The first-order valence-electron chi connectivity index (χ1n) is 42.6. The lowest BCUT2D eigenvalue weighted by molar-refractivity contribution is 0.442. The third-order valence-electron chi connectivity index (χ3n) is 23.3. The Morgan fingerprint density at radius 3 is 0.422 bits per heavy atom. The lowest BCUT2D eigenvalue weighted by Gasteiger charge is -2.15. The number of pyridine rings is 8. The highest BCUT2D eigenvalue weighted by Gasteiger charge is 2.19. The molecule has 0 saturated heterocycles. The van der Waals surface area contributed by atoms with Crippen molar-refractivity contribution in [2.45, 2.75) is 0 Å². The van der Waals surface area contributed by atoms with Crippen LogP contribution in [-0.2, 0) is 0 Å². The number of rotatable bonds is 22. The van der Waals surface area contributed by atoms with E-state index in [0.717, 1.165) is 200 Å². The molecule has 128 heavy (non-hydrogen) atoms. The average Bonchev–Trinajstić information content (AvgIpc) is 0.779. The Bertz CT molecular complexity index is 6970. The summed E-state index contributed by atoms with van der Waals surface area (Å²) in [5, 5.41) is 0. The largest absolute Gasteiger partial charge is 0.439 e. The van der Waals surface area contributed by atoms with Gasteiger partial charge in [-0.05, 0) is 326 Å². The summed E-state index contributed by atoms with van der Waals surface area (Å²) in [7, 11) is 0. The van der Waals surface area contributed by atoms with Crippen molar-refractivity contribution in [1.29, 1.82) is 0 Å². The zero-order chi connectivity index (χ0) is 85.3. The molecule has 0 aliphatic carbocycles. The Labute approximate surface area is 743 Å². The van der Waals surface area contributed by atoms with Crippen LogP contribution in [0.25, 0.3) is 200 Å². The van der Waals surface area contributed by atoms with Gasteiger partial charge in [0.1, 0.15) is 11.5 Å². The van der Waals surface area contributed by atoms with Gasteiger partial charge in [0.05, 0.1) is 0 Å². The number of hydrogen-bond donors (Lipinski definition) is 0. The first-order valence-corrected chi connectivity index (χ1v) is 42.6. The standard InChI is InChI=1S/C118H78N8O2/c1-16-79(97-34-10-44-119-71-97)50-87(24-1)105-59-106(88-25-2-17-80(51-88)98-35-11-45-120-72-98)63-111(62-105)93-30-7-22-85(56-93)103-40-42-117(125-77-103)127-115-68-114(96-33-9-32-95(58-96)113-66-109(91-28-5-20-83(54-91)101-38-14-48-123-75-101)61-110(67-113)92-29-6-21-84(55-92)102-39-15-49-124-76-102)69-116(70-115)128-118-43-41-104(78-126-118)86-23-8-31-94(57-86)112-64-107(89-26-3-18-81(52-89)99-36-12-46-121-73-99)60-108(65-112)90-27-4-19-82(53-90)100-37-13-47-122-74-100/h1-78H. The Kier molecular flexibility index (Phi) is 21.7. The molecule has 0 aliphatic heterocycles. The summed E-state index contributed by atoms with van der Waals surface area (Å²) in [6, 6.07) is 137. The fraction of sp³-hybridized carbons (Fsp3) is 0. The lowest BCUT2D eigenvalue weighted by atomic mass is 9.90. The number of hydrogen-bond acceptors (Lipinski definition) is 10. The molecule has 0 bridgehead atoms.